The van der Waals surface area contributed by atoms with E-state index in [4.69, 9.17) is 4.98 Å². The van der Waals surface area contributed by atoms with Crippen LogP contribution < -0.4 is 11.2 Å². The molecule has 3 aromatic rings. The first-order valence-corrected chi connectivity index (χ1v) is 12.3. The summed E-state index contributed by atoms with van der Waals surface area (Å²) < 4.78 is 3.44. The highest BCUT2D eigenvalue weighted by molar-refractivity contribution is 5.79. The number of imidazole rings is 1. The number of aromatic amines is 1. The van der Waals surface area contributed by atoms with Gasteiger partial charge in [-0.25, -0.2) is 9.78 Å². The average Bonchev–Trinajstić information content (AvgIpc) is 3.23. The van der Waals surface area contributed by atoms with Gasteiger partial charge < -0.3 is 9.47 Å². The smallest absolute Gasteiger partial charge is 0.330 e. The lowest BCUT2D eigenvalue weighted by atomic mass is 9.99. The van der Waals surface area contributed by atoms with E-state index in [9.17, 15) is 14.4 Å². The van der Waals surface area contributed by atoms with Crippen molar-refractivity contribution in [2.45, 2.75) is 65.5 Å². The highest BCUT2D eigenvalue weighted by atomic mass is 16.2. The number of carbonyl (C=O) groups is 1. The monoisotopic (exact) mass is 463 g/mol. The molecular formula is C26H33N5O3. The van der Waals surface area contributed by atoms with E-state index in [1.54, 1.807) is 0 Å². The van der Waals surface area contributed by atoms with Gasteiger partial charge in [-0.1, -0.05) is 56.7 Å². The van der Waals surface area contributed by atoms with E-state index in [2.05, 4.69) is 30.1 Å². The molecule has 180 valence electrons. The molecule has 0 unspecified atom stereocenters. The number of aromatic nitrogens is 4. The lowest BCUT2D eigenvalue weighted by molar-refractivity contribution is -0.130. The molecule has 0 radical (unpaired) electrons. The number of carbonyl (C=O) groups excluding carboxylic acids is 1. The van der Waals surface area contributed by atoms with Crippen molar-refractivity contribution in [1.82, 2.24) is 24.0 Å². The highest BCUT2D eigenvalue weighted by Gasteiger charge is 2.21. The van der Waals surface area contributed by atoms with Crippen LogP contribution in [0.2, 0.25) is 0 Å². The van der Waals surface area contributed by atoms with E-state index in [-0.39, 0.29) is 5.91 Å². The van der Waals surface area contributed by atoms with Crippen LogP contribution in [0.5, 0.6) is 0 Å². The summed E-state index contributed by atoms with van der Waals surface area (Å²) in [6, 6.07) is 10.3. The molecule has 8 heteroatoms. The molecule has 0 aliphatic carbocycles. The largest absolute Gasteiger partial charge is 0.339 e. The fourth-order valence-corrected chi connectivity index (χ4v) is 4.58. The molecular weight excluding hydrogens is 430 g/mol. The molecule has 0 bridgehead atoms. The second-order valence-electron chi connectivity index (χ2n) is 8.80. The first-order chi connectivity index (χ1) is 16.5. The Balaban J connectivity index is 1.53. The Morgan fingerprint density at radius 2 is 1.85 bits per heavy atom. The van der Waals surface area contributed by atoms with E-state index in [1.165, 1.54) is 15.7 Å². The average molecular weight is 464 g/mol. The van der Waals surface area contributed by atoms with Crippen LogP contribution in [0.3, 0.4) is 0 Å². The number of unbranched alkanes of at least 4 members (excludes halogenated alkanes) is 1. The Morgan fingerprint density at radius 1 is 1.06 bits per heavy atom. The van der Waals surface area contributed by atoms with Gasteiger partial charge in [0.1, 0.15) is 5.82 Å². The fraction of sp³-hybridized carbons (Fsp3) is 0.462. The highest BCUT2D eigenvalue weighted by Crippen LogP contribution is 2.23. The van der Waals surface area contributed by atoms with Crippen LogP contribution in [0, 0.1) is 0 Å². The minimum atomic E-state index is -0.434. The third-order valence-corrected chi connectivity index (χ3v) is 6.42. The predicted molar refractivity (Wildman–Crippen MR) is 134 cm³/mol. The Kier molecular flexibility index (Phi) is 7.45. The van der Waals surface area contributed by atoms with Crippen molar-refractivity contribution in [1.29, 1.82) is 0 Å². The summed E-state index contributed by atoms with van der Waals surface area (Å²) in [4.78, 5) is 47.0. The molecule has 3 heterocycles. The zero-order chi connectivity index (χ0) is 24.1. The maximum absolute atomic E-state index is 13.0. The number of hydrogen-bond donors (Lipinski definition) is 1. The van der Waals surface area contributed by atoms with Crippen LogP contribution in [0.15, 0.2) is 46.0 Å². The van der Waals surface area contributed by atoms with Crippen LogP contribution in [-0.2, 0) is 24.3 Å². The summed E-state index contributed by atoms with van der Waals surface area (Å²) >= 11 is 0. The van der Waals surface area contributed by atoms with Gasteiger partial charge in [-0.05, 0) is 30.4 Å². The third kappa shape index (κ3) is 4.90. The van der Waals surface area contributed by atoms with E-state index >= 15 is 0 Å². The van der Waals surface area contributed by atoms with Gasteiger partial charge in [-0.15, -0.1) is 0 Å². The van der Waals surface area contributed by atoms with Crippen LogP contribution in [-0.4, -0.2) is 43.0 Å². The SMILES string of the molecule is CCCCn1c(CCC(=O)N2CC=C(c3ccccc3)CC2)nc2c1c(=O)[nH]c(=O)n2CCC. The number of benzene rings is 1. The molecule has 0 fully saturated rings. The molecule has 0 atom stereocenters. The van der Waals surface area contributed by atoms with Crippen molar-refractivity contribution in [2.24, 2.45) is 0 Å². The normalized spacial score (nSPS) is 13.9. The Bertz CT molecular complexity index is 1300. The molecule has 1 aliphatic heterocycles. The number of nitrogens with one attached hydrogen (secondary N) is 1. The molecule has 8 nitrogen and oxygen atoms in total. The second-order valence-corrected chi connectivity index (χ2v) is 8.80. The van der Waals surface area contributed by atoms with E-state index in [1.807, 2.05) is 34.6 Å². The summed E-state index contributed by atoms with van der Waals surface area (Å²) in [6.45, 7) is 6.49. The van der Waals surface area contributed by atoms with Crippen molar-refractivity contribution in [3.8, 4) is 0 Å². The van der Waals surface area contributed by atoms with Gasteiger partial charge in [-0.2, -0.15) is 0 Å². The van der Waals surface area contributed by atoms with Crippen molar-refractivity contribution in [2.75, 3.05) is 13.1 Å². The zero-order valence-electron chi connectivity index (χ0n) is 20.0. The number of nitrogens with zero attached hydrogens (tertiary/aromatic N) is 4. The van der Waals surface area contributed by atoms with Gasteiger partial charge >= 0.3 is 5.69 Å². The molecule has 0 saturated heterocycles. The van der Waals surface area contributed by atoms with Crippen molar-refractivity contribution in [3.63, 3.8) is 0 Å². The van der Waals surface area contributed by atoms with Gasteiger partial charge in [0.2, 0.25) is 5.91 Å². The van der Waals surface area contributed by atoms with Gasteiger partial charge in [0.25, 0.3) is 5.56 Å². The van der Waals surface area contributed by atoms with Crippen LogP contribution >= 0.6 is 0 Å². The number of rotatable bonds is 9. The summed E-state index contributed by atoms with van der Waals surface area (Å²) in [7, 11) is 0. The van der Waals surface area contributed by atoms with Crippen molar-refractivity contribution >= 4 is 22.6 Å². The van der Waals surface area contributed by atoms with Crippen molar-refractivity contribution in [3.05, 3.63) is 68.6 Å². The summed E-state index contributed by atoms with van der Waals surface area (Å²) in [5, 5.41) is 0. The van der Waals surface area contributed by atoms with Gasteiger partial charge in [0.15, 0.2) is 11.2 Å². The zero-order valence-corrected chi connectivity index (χ0v) is 20.0. The number of aryl methyl sites for hydroxylation is 3. The molecule has 1 aliphatic rings. The second kappa shape index (κ2) is 10.7. The molecule has 1 amide bonds. The molecule has 0 saturated carbocycles. The Labute approximate surface area is 198 Å². The quantitative estimate of drug-likeness (QED) is 0.527. The minimum Gasteiger partial charge on any atom is -0.339 e. The first-order valence-electron chi connectivity index (χ1n) is 12.3. The lowest BCUT2D eigenvalue weighted by Crippen LogP contribution is -2.35. The molecule has 4 rings (SSSR count). The molecule has 1 aromatic carbocycles. The van der Waals surface area contributed by atoms with E-state index in [0.717, 1.165) is 25.7 Å². The summed E-state index contributed by atoms with van der Waals surface area (Å²) in [6.07, 6.45) is 6.33. The van der Waals surface area contributed by atoms with E-state index in [0.29, 0.717) is 56.0 Å². The van der Waals surface area contributed by atoms with E-state index < -0.39 is 11.2 Å². The van der Waals surface area contributed by atoms with Crippen LogP contribution in [0.1, 0.15) is 57.3 Å². The van der Waals surface area contributed by atoms with Gasteiger partial charge in [-0.3, -0.25) is 19.1 Å². The fourth-order valence-electron chi connectivity index (χ4n) is 4.58. The first kappa shape index (κ1) is 23.7. The number of hydrogen-bond acceptors (Lipinski definition) is 4. The number of amides is 1. The topological polar surface area (TPSA) is 93.0 Å². The van der Waals surface area contributed by atoms with Crippen molar-refractivity contribution < 1.29 is 4.79 Å². The molecule has 34 heavy (non-hydrogen) atoms. The van der Waals surface area contributed by atoms with Crippen LogP contribution in [0.25, 0.3) is 16.7 Å². The maximum Gasteiger partial charge on any atom is 0.330 e. The summed E-state index contributed by atoms with van der Waals surface area (Å²) in [5.41, 5.74) is 2.49. The Hall–Kier alpha value is -3.42. The predicted octanol–water partition coefficient (Wildman–Crippen LogP) is 3.34. The van der Waals surface area contributed by atoms with Gasteiger partial charge in [0, 0.05) is 39.0 Å². The standard InChI is InChI=1S/C26H33N5O3/c1-3-5-16-30-21(27-24-23(30)25(33)28-26(34)31(24)15-4-2)11-12-22(32)29-17-13-20(14-18-29)19-9-7-6-8-10-19/h6-10,13H,3-5,11-12,14-18H2,1-2H3,(H,28,33,34). The lowest BCUT2D eigenvalue weighted by Gasteiger charge is -2.26. The van der Waals surface area contributed by atoms with Gasteiger partial charge in [0.05, 0.1) is 0 Å². The number of fused-ring (bicyclic) bond motifs is 1. The Morgan fingerprint density at radius 3 is 2.53 bits per heavy atom. The minimum absolute atomic E-state index is 0.0808. The van der Waals surface area contributed by atoms with Crippen LogP contribution in [0.4, 0.5) is 0 Å². The summed E-state index contributed by atoms with van der Waals surface area (Å²) in [5.74, 6) is 0.771. The number of H-pyrrole nitrogens is 1. The molecule has 0 spiro atoms. The third-order valence-electron chi connectivity index (χ3n) is 6.42. The molecule has 2 aromatic heterocycles. The maximum atomic E-state index is 13.0. The molecule has 1 N–H and O–H groups in total.